The molecule has 3 nitrogen and oxygen atoms in total. The average molecular weight is 244 g/mol. The molecule has 1 heterocycles. The standard InChI is InChI=1S/C15H20N2O/c1-10(14-9-11-2-3-13(14)8-11)17-15(18)12-4-6-16-7-5-12/h4-7,10-11,13-14H,2-3,8-9H2,1H3,(H,17,18)/t10-,11-,13-,14-/m1/s1. The van der Waals surface area contributed by atoms with Crippen molar-refractivity contribution in [2.75, 3.05) is 0 Å². The van der Waals surface area contributed by atoms with Crippen LogP contribution in [0.15, 0.2) is 24.5 Å². The topological polar surface area (TPSA) is 42.0 Å². The van der Waals surface area contributed by atoms with Crippen LogP contribution in [0.1, 0.15) is 43.0 Å². The lowest BCUT2D eigenvalue weighted by molar-refractivity contribution is 0.0915. The SMILES string of the molecule is C[C@@H](NC(=O)c1ccncc1)[C@H]1C[C@@H]2CC[C@@H]1C2. The molecule has 2 aliphatic rings. The van der Waals surface area contributed by atoms with Gasteiger partial charge in [0, 0.05) is 24.0 Å². The van der Waals surface area contributed by atoms with Gasteiger partial charge in [0.2, 0.25) is 0 Å². The Labute approximate surface area is 108 Å². The van der Waals surface area contributed by atoms with E-state index in [1.807, 2.05) is 0 Å². The molecule has 0 aromatic carbocycles. The minimum absolute atomic E-state index is 0.0349. The van der Waals surface area contributed by atoms with E-state index in [2.05, 4.69) is 17.2 Å². The molecular formula is C15H20N2O. The molecule has 0 radical (unpaired) electrons. The summed E-state index contributed by atoms with van der Waals surface area (Å²) in [6.07, 6.45) is 8.80. The fourth-order valence-corrected chi connectivity index (χ4v) is 3.81. The highest BCUT2D eigenvalue weighted by atomic mass is 16.1. The number of aromatic nitrogens is 1. The molecule has 0 saturated heterocycles. The summed E-state index contributed by atoms with van der Waals surface area (Å²) in [5.74, 6) is 2.50. The third-order valence-electron chi connectivity index (χ3n) is 4.74. The number of carbonyl (C=O) groups is 1. The average Bonchev–Trinajstić information content (AvgIpc) is 3.02. The Morgan fingerprint density at radius 2 is 2.11 bits per heavy atom. The van der Waals surface area contributed by atoms with Crippen molar-refractivity contribution in [2.45, 2.75) is 38.6 Å². The maximum absolute atomic E-state index is 12.1. The predicted octanol–water partition coefficient (Wildman–Crippen LogP) is 2.64. The van der Waals surface area contributed by atoms with Gasteiger partial charge in [-0.05, 0) is 56.1 Å². The maximum Gasteiger partial charge on any atom is 0.251 e. The Kier molecular flexibility index (Phi) is 3.06. The molecule has 4 atom stereocenters. The quantitative estimate of drug-likeness (QED) is 0.888. The second kappa shape index (κ2) is 4.71. The first-order valence-corrected chi connectivity index (χ1v) is 6.95. The van der Waals surface area contributed by atoms with Crippen LogP contribution in [0.4, 0.5) is 0 Å². The van der Waals surface area contributed by atoms with E-state index in [4.69, 9.17) is 0 Å². The number of nitrogens with one attached hydrogen (secondary N) is 1. The molecule has 3 rings (SSSR count). The van der Waals surface area contributed by atoms with Crippen LogP contribution in [-0.2, 0) is 0 Å². The molecule has 1 aromatic heterocycles. The second-order valence-corrected chi connectivity index (χ2v) is 5.84. The lowest BCUT2D eigenvalue weighted by Gasteiger charge is -2.28. The van der Waals surface area contributed by atoms with Crippen molar-refractivity contribution in [3.05, 3.63) is 30.1 Å². The molecule has 0 unspecified atom stereocenters. The Hall–Kier alpha value is -1.38. The van der Waals surface area contributed by atoms with E-state index < -0.39 is 0 Å². The van der Waals surface area contributed by atoms with Crippen molar-refractivity contribution < 1.29 is 4.79 Å². The van der Waals surface area contributed by atoms with Gasteiger partial charge in [0.25, 0.3) is 5.91 Å². The zero-order chi connectivity index (χ0) is 12.5. The van der Waals surface area contributed by atoms with Gasteiger partial charge in [-0.15, -0.1) is 0 Å². The highest BCUT2D eigenvalue weighted by Crippen LogP contribution is 2.49. The highest BCUT2D eigenvalue weighted by Gasteiger charge is 2.42. The largest absolute Gasteiger partial charge is 0.349 e. The summed E-state index contributed by atoms with van der Waals surface area (Å²) in [7, 11) is 0. The Morgan fingerprint density at radius 3 is 2.72 bits per heavy atom. The first-order chi connectivity index (χ1) is 8.74. The molecule has 2 aliphatic carbocycles. The summed E-state index contributed by atoms with van der Waals surface area (Å²) in [4.78, 5) is 16.0. The summed E-state index contributed by atoms with van der Waals surface area (Å²) < 4.78 is 0. The minimum Gasteiger partial charge on any atom is -0.349 e. The van der Waals surface area contributed by atoms with E-state index >= 15 is 0 Å². The molecule has 3 heteroatoms. The molecule has 0 aliphatic heterocycles. The van der Waals surface area contributed by atoms with Crippen molar-refractivity contribution in [3.63, 3.8) is 0 Å². The molecule has 1 N–H and O–H groups in total. The second-order valence-electron chi connectivity index (χ2n) is 5.84. The number of fused-ring (bicyclic) bond motifs is 2. The Bertz CT molecular complexity index is 431. The van der Waals surface area contributed by atoms with Crippen LogP contribution >= 0.6 is 0 Å². The minimum atomic E-state index is 0.0349. The van der Waals surface area contributed by atoms with Crippen LogP contribution in [0.5, 0.6) is 0 Å². The van der Waals surface area contributed by atoms with Crippen LogP contribution in [0.3, 0.4) is 0 Å². The number of rotatable bonds is 3. The van der Waals surface area contributed by atoms with Crippen LogP contribution in [0.25, 0.3) is 0 Å². The molecule has 2 fully saturated rings. The number of carbonyl (C=O) groups excluding carboxylic acids is 1. The van der Waals surface area contributed by atoms with Crippen molar-refractivity contribution in [3.8, 4) is 0 Å². The maximum atomic E-state index is 12.1. The van der Waals surface area contributed by atoms with Crippen molar-refractivity contribution >= 4 is 5.91 Å². The van der Waals surface area contributed by atoms with Gasteiger partial charge in [0.15, 0.2) is 0 Å². The summed E-state index contributed by atoms with van der Waals surface area (Å²) >= 11 is 0. The van der Waals surface area contributed by atoms with Gasteiger partial charge >= 0.3 is 0 Å². The fourth-order valence-electron chi connectivity index (χ4n) is 3.81. The molecule has 0 spiro atoms. The summed E-state index contributed by atoms with van der Waals surface area (Å²) in [5.41, 5.74) is 0.708. The fraction of sp³-hybridized carbons (Fsp3) is 0.600. The first kappa shape index (κ1) is 11.7. The van der Waals surface area contributed by atoms with E-state index in [1.165, 1.54) is 25.7 Å². The van der Waals surface area contributed by atoms with E-state index in [0.29, 0.717) is 17.5 Å². The lowest BCUT2D eigenvalue weighted by Crippen LogP contribution is -2.40. The van der Waals surface area contributed by atoms with Crippen LogP contribution < -0.4 is 5.32 Å². The number of nitrogens with zero attached hydrogens (tertiary/aromatic N) is 1. The first-order valence-electron chi connectivity index (χ1n) is 6.95. The van der Waals surface area contributed by atoms with Gasteiger partial charge < -0.3 is 5.32 Å². The molecule has 1 amide bonds. The number of pyridine rings is 1. The van der Waals surface area contributed by atoms with E-state index in [0.717, 1.165) is 11.8 Å². The summed E-state index contributed by atoms with van der Waals surface area (Å²) in [6.45, 7) is 2.16. The van der Waals surface area contributed by atoms with E-state index in [9.17, 15) is 4.79 Å². The highest BCUT2D eigenvalue weighted by molar-refractivity contribution is 5.94. The number of hydrogen-bond donors (Lipinski definition) is 1. The van der Waals surface area contributed by atoms with Gasteiger partial charge in [0.1, 0.15) is 0 Å². The molecular weight excluding hydrogens is 224 g/mol. The van der Waals surface area contributed by atoms with Crippen molar-refractivity contribution in [1.29, 1.82) is 0 Å². The normalized spacial score (nSPS) is 31.3. The monoisotopic (exact) mass is 244 g/mol. The predicted molar refractivity (Wildman–Crippen MR) is 70.1 cm³/mol. The van der Waals surface area contributed by atoms with Crippen LogP contribution in [0.2, 0.25) is 0 Å². The number of hydrogen-bond acceptors (Lipinski definition) is 2. The van der Waals surface area contributed by atoms with Crippen molar-refractivity contribution in [2.24, 2.45) is 17.8 Å². The van der Waals surface area contributed by atoms with Gasteiger partial charge in [0.05, 0.1) is 0 Å². The summed E-state index contributed by atoms with van der Waals surface area (Å²) in [5, 5.41) is 3.16. The Balaban J connectivity index is 1.61. The van der Waals surface area contributed by atoms with Gasteiger partial charge in [-0.2, -0.15) is 0 Å². The van der Waals surface area contributed by atoms with Crippen LogP contribution in [0, 0.1) is 17.8 Å². The smallest absolute Gasteiger partial charge is 0.251 e. The van der Waals surface area contributed by atoms with E-state index in [1.54, 1.807) is 24.5 Å². The third kappa shape index (κ3) is 2.14. The van der Waals surface area contributed by atoms with Crippen molar-refractivity contribution in [1.82, 2.24) is 10.3 Å². The molecule has 18 heavy (non-hydrogen) atoms. The van der Waals surface area contributed by atoms with E-state index in [-0.39, 0.29) is 5.91 Å². The molecule has 96 valence electrons. The zero-order valence-electron chi connectivity index (χ0n) is 10.8. The van der Waals surface area contributed by atoms with Crippen LogP contribution in [-0.4, -0.2) is 16.9 Å². The van der Waals surface area contributed by atoms with Gasteiger partial charge in [-0.25, -0.2) is 0 Å². The van der Waals surface area contributed by atoms with Gasteiger partial charge in [-0.3, -0.25) is 9.78 Å². The van der Waals surface area contributed by atoms with Gasteiger partial charge in [-0.1, -0.05) is 6.42 Å². The summed E-state index contributed by atoms with van der Waals surface area (Å²) in [6, 6.07) is 3.83. The molecule has 1 aromatic rings. The third-order valence-corrected chi connectivity index (χ3v) is 4.74. The molecule has 2 bridgehead atoms. The zero-order valence-corrected chi connectivity index (χ0v) is 10.8. The molecule has 2 saturated carbocycles. The Morgan fingerprint density at radius 1 is 1.33 bits per heavy atom. The lowest BCUT2D eigenvalue weighted by atomic mass is 9.84. The number of amides is 1.